The first-order valence-corrected chi connectivity index (χ1v) is 6.41. The first-order valence-electron chi connectivity index (χ1n) is 6.41. The van der Waals surface area contributed by atoms with Crippen LogP contribution in [0.5, 0.6) is 0 Å². The third-order valence-electron chi connectivity index (χ3n) is 2.87. The van der Waals surface area contributed by atoms with Gasteiger partial charge in [-0.2, -0.15) is 0 Å². The van der Waals surface area contributed by atoms with Crippen molar-refractivity contribution in [3.8, 4) is 0 Å². The third kappa shape index (κ3) is 3.84. The van der Waals surface area contributed by atoms with Crippen LogP contribution in [0.2, 0.25) is 0 Å². The van der Waals surface area contributed by atoms with Crippen LogP contribution in [0, 0.1) is 5.92 Å². The molecule has 0 aliphatic carbocycles. The summed E-state index contributed by atoms with van der Waals surface area (Å²) in [6.45, 7) is 7.63. The van der Waals surface area contributed by atoms with E-state index in [-0.39, 0.29) is 17.9 Å². The number of rotatable bonds is 7. The standard InChI is InChI=1S/C13H23N3O2/c1-5-7-16-8-6-14-11(16)9-15-12(10(2)3)13(17)18-4/h6,8,10,12,15H,5,7,9H2,1-4H3/t12-/m0/s1. The Labute approximate surface area is 109 Å². The van der Waals surface area contributed by atoms with Crippen LogP contribution in [0.15, 0.2) is 12.4 Å². The van der Waals surface area contributed by atoms with Gasteiger partial charge in [0.1, 0.15) is 11.9 Å². The van der Waals surface area contributed by atoms with Crippen LogP contribution in [-0.4, -0.2) is 28.7 Å². The summed E-state index contributed by atoms with van der Waals surface area (Å²) in [6.07, 6.45) is 4.81. The summed E-state index contributed by atoms with van der Waals surface area (Å²) >= 11 is 0. The Bertz CT molecular complexity index is 374. The van der Waals surface area contributed by atoms with E-state index in [0.29, 0.717) is 6.54 Å². The molecule has 0 saturated carbocycles. The van der Waals surface area contributed by atoms with Gasteiger partial charge in [0.15, 0.2) is 0 Å². The topological polar surface area (TPSA) is 56.2 Å². The first-order chi connectivity index (χ1) is 8.60. The smallest absolute Gasteiger partial charge is 0.323 e. The van der Waals surface area contributed by atoms with Crippen molar-refractivity contribution in [1.29, 1.82) is 0 Å². The zero-order valence-electron chi connectivity index (χ0n) is 11.6. The predicted octanol–water partition coefficient (Wildman–Crippen LogP) is 1.58. The van der Waals surface area contributed by atoms with E-state index in [1.165, 1.54) is 7.11 Å². The number of nitrogens with one attached hydrogen (secondary N) is 1. The van der Waals surface area contributed by atoms with E-state index in [9.17, 15) is 4.79 Å². The molecule has 0 unspecified atom stereocenters. The molecule has 0 radical (unpaired) electrons. The van der Waals surface area contributed by atoms with Gasteiger partial charge in [0.05, 0.1) is 13.7 Å². The van der Waals surface area contributed by atoms with Crippen molar-refractivity contribution in [2.24, 2.45) is 5.92 Å². The molecule has 0 bridgehead atoms. The van der Waals surface area contributed by atoms with Crippen molar-refractivity contribution in [3.63, 3.8) is 0 Å². The van der Waals surface area contributed by atoms with Crippen molar-refractivity contribution >= 4 is 5.97 Å². The molecular weight excluding hydrogens is 230 g/mol. The molecule has 102 valence electrons. The highest BCUT2D eigenvalue weighted by atomic mass is 16.5. The van der Waals surface area contributed by atoms with Crippen LogP contribution < -0.4 is 5.32 Å². The SMILES string of the molecule is CCCn1ccnc1CN[C@H](C(=O)OC)C(C)C. The highest BCUT2D eigenvalue weighted by Crippen LogP contribution is 2.06. The van der Waals surface area contributed by atoms with E-state index in [4.69, 9.17) is 4.74 Å². The minimum absolute atomic E-state index is 0.187. The second-order valence-electron chi connectivity index (χ2n) is 4.66. The summed E-state index contributed by atoms with van der Waals surface area (Å²) < 4.78 is 6.89. The molecule has 0 fully saturated rings. The fourth-order valence-electron chi connectivity index (χ4n) is 1.87. The van der Waals surface area contributed by atoms with Crippen LogP contribution in [0.3, 0.4) is 0 Å². The number of hydrogen-bond acceptors (Lipinski definition) is 4. The quantitative estimate of drug-likeness (QED) is 0.750. The summed E-state index contributed by atoms with van der Waals surface area (Å²) in [6, 6.07) is -0.290. The van der Waals surface area contributed by atoms with E-state index in [1.807, 2.05) is 20.0 Å². The van der Waals surface area contributed by atoms with Crippen LogP contribution in [0.4, 0.5) is 0 Å². The summed E-state index contributed by atoms with van der Waals surface area (Å²) in [7, 11) is 1.41. The lowest BCUT2D eigenvalue weighted by molar-refractivity contribution is -0.144. The number of esters is 1. The van der Waals surface area contributed by atoms with Crippen molar-refractivity contribution in [2.75, 3.05) is 7.11 Å². The largest absolute Gasteiger partial charge is 0.468 e. The first kappa shape index (κ1) is 14.7. The minimum atomic E-state index is -0.290. The van der Waals surface area contributed by atoms with Gasteiger partial charge in [-0.1, -0.05) is 20.8 Å². The fourth-order valence-corrected chi connectivity index (χ4v) is 1.87. The van der Waals surface area contributed by atoms with Gasteiger partial charge in [0.25, 0.3) is 0 Å². The molecule has 0 aromatic carbocycles. The lowest BCUT2D eigenvalue weighted by atomic mass is 10.0. The van der Waals surface area contributed by atoms with Crippen LogP contribution in [-0.2, 0) is 22.6 Å². The van der Waals surface area contributed by atoms with Crippen LogP contribution >= 0.6 is 0 Å². The molecule has 1 N–H and O–H groups in total. The molecule has 5 heteroatoms. The number of aryl methyl sites for hydroxylation is 1. The Balaban J connectivity index is 2.61. The Morgan fingerprint density at radius 2 is 2.28 bits per heavy atom. The molecule has 5 nitrogen and oxygen atoms in total. The molecule has 0 saturated heterocycles. The Morgan fingerprint density at radius 3 is 2.83 bits per heavy atom. The number of ether oxygens (including phenoxy) is 1. The summed E-state index contributed by atoms with van der Waals surface area (Å²) in [5.41, 5.74) is 0. The lowest BCUT2D eigenvalue weighted by Gasteiger charge is -2.19. The molecule has 1 heterocycles. The molecule has 1 atom stereocenters. The zero-order chi connectivity index (χ0) is 13.5. The van der Waals surface area contributed by atoms with Gasteiger partial charge in [-0.15, -0.1) is 0 Å². The molecular formula is C13H23N3O2. The number of methoxy groups -OCH3 is 1. The number of imidazole rings is 1. The summed E-state index contributed by atoms with van der Waals surface area (Å²) in [5.74, 6) is 0.914. The molecule has 1 rings (SSSR count). The third-order valence-corrected chi connectivity index (χ3v) is 2.87. The second-order valence-corrected chi connectivity index (χ2v) is 4.66. The maximum atomic E-state index is 11.6. The van der Waals surface area contributed by atoms with Crippen LogP contribution in [0.25, 0.3) is 0 Å². The molecule has 0 aliphatic rings. The number of carbonyl (C=O) groups is 1. The van der Waals surface area contributed by atoms with Crippen molar-refractivity contribution < 1.29 is 9.53 Å². The Hall–Kier alpha value is -1.36. The van der Waals surface area contributed by atoms with Crippen LogP contribution in [0.1, 0.15) is 33.0 Å². The molecule has 0 spiro atoms. The number of nitrogens with zero attached hydrogens (tertiary/aromatic N) is 2. The van der Waals surface area contributed by atoms with Gasteiger partial charge in [-0.25, -0.2) is 4.98 Å². The van der Waals surface area contributed by atoms with Gasteiger partial charge >= 0.3 is 5.97 Å². The highest BCUT2D eigenvalue weighted by molar-refractivity contribution is 5.75. The summed E-state index contributed by atoms with van der Waals surface area (Å²) in [5, 5.41) is 3.21. The Morgan fingerprint density at radius 1 is 1.56 bits per heavy atom. The van der Waals surface area contributed by atoms with Crippen molar-refractivity contribution in [1.82, 2.24) is 14.9 Å². The van der Waals surface area contributed by atoms with Gasteiger partial charge in [-0.3, -0.25) is 10.1 Å². The molecule has 18 heavy (non-hydrogen) atoms. The molecule has 0 amide bonds. The normalized spacial score (nSPS) is 12.7. The van der Waals surface area contributed by atoms with E-state index in [2.05, 4.69) is 21.8 Å². The number of aromatic nitrogens is 2. The average Bonchev–Trinajstić information content (AvgIpc) is 2.77. The van der Waals surface area contributed by atoms with Gasteiger partial charge < -0.3 is 9.30 Å². The summed E-state index contributed by atoms with van der Waals surface area (Å²) in [4.78, 5) is 15.9. The van der Waals surface area contributed by atoms with Crippen molar-refractivity contribution in [3.05, 3.63) is 18.2 Å². The zero-order valence-corrected chi connectivity index (χ0v) is 11.6. The predicted molar refractivity (Wildman–Crippen MR) is 70.0 cm³/mol. The fraction of sp³-hybridized carbons (Fsp3) is 0.692. The van der Waals surface area contributed by atoms with E-state index >= 15 is 0 Å². The van der Waals surface area contributed by atoms with E-state index < -0.39 is 0 Å². The Kier molecular flexibility index (Phi) is 5.85. The maximum Gasteiger partial charge on any atom is 0.323 e. The average molecular weight is 253 g/mol. The second kappa shape index (κ2) is 7.16. The van der Waals surface area contributed by atoms with Gasteiger partial charge in [-0.05, 0) is 12.3 Å². The van der Waals surface area contributed by atoms with E-state index in [0.717, 1.165) is 18.8 Å². The number of hydrogen-bond donors (Lipinski definition) is 1. The van der Waals surface area contributed by atoms with Gasteiger partial charge in [0, 0.05) is 18.9 Å². The molecule has 1 aromatic rings. The van der Waals surface area contributed by atoms with Gasteiger partial charge in [0.2, 0.25) is 0 Å². The van der Waals surface area contributed by atoms with E-state index in [1.54, 1.807) is 6.20 Å². The monoisotopic (exact) mass is 253 g/mol. The molecule has 0 aliphatic heterocycles. The lowest BCUT2D eigenvalue weighted by Crippen LogP contribution is -2.41. The maximum absolute atomic E-state index is 11.6. The minimum Gasteiger partial charge on any atom is -0.468 e. The van der Waals surface area contributed by atoms with Crippen molar-refractivity contribution in [2.45, 2.75) is 46.3 Å². The number of carbonyl (C=O) groups excluding carboxylic acids is 1. The molecule has 1 aromatic heterocycles. The highest BCUT2D eigenvalue weighted by Gasteiger charge is 2.22.